The number of hydrogen-bond acceptors (Lipinski definition) is 4. The van der Waals surface area contributed by atoms with Crippen LogP contribution >= 0.6 is 0 Å². The minimum absolute atomic E-state index is 0.208. The lowest BCUT2D eigenvalue weighted by Gasteiger charge is -2.31. The van der Waals surface area contributed by atoms with E-state index in [1.807, 2.05) is 25.6 Å². The van der Waals surface area contributed by atoms with Crippen LogP contribution in [0.25, 0.3) is 0 Å². The molecule has 1 saturated heterocycles. The maximum Gasteiger partial charge on any atom is 0.222 e. The molecule has 24 heavy (non-hydrogen) atoms. The Labute approximate surface area is 143 Å². The molecule has 1 amide bonds. The van der Waals surface area contributed by atoms with Gasteiger partial charge in [0.05, 0.1) is 0 Å². The summed E-state index contributed by atoms with van der Waals surface area (Å²) in [5.74, 6) is 2.69. The highest BCUT2D eigenvalue weighted by molar-refractivity contribution is 5.81. The number of rotatable bonds is 6. The SMILES string of the molecule is CCCCNC(=NCc1nnc(C)n1C)NC1CCC(=O)N(C)C1. The molecular formula is C16H29N7O. The van der Waals surface area contributed by atoms with Crippen LogP contribution < -0.4 is 10.6 Å². The number of likely N-dealkylation sites (tertiary alicyclic amines) is 1. The molecule has 1 aromatic heterocycles. The molecule has 0 spiro atoms. The van der Waals surface area contributed by atoms with E-state index in [1.54, 1.807) is 4.90 Å². The van der Waals surface area contributed by atoms with Gasteiger partial charge in [-0.15, -0.1) is 10.2 Å². The van der Waals surface area contributed by atoms with E-state index < -0.39 is 0 Å². The van der Waals surface area contributed by atoms with Crippen LogP contribution in [0, 0.1) is 6.92 Å². The van der Waals surface area contributed by atoms with Gasteiger partial charge in [0.1, 0.15) is 12.4 Å². The molecule has 0 saturated carbocycles. The summed E-state index contributed by atoms with van der Waals surface area (Å²) in [5, 5.41) is 15.0. The molecule has 1 aliphatic rings. The van der Waals surface area contributed by atoms with Crippen LogP contribution in [-0.2, 0) is 18.4 Å². The van der Waals surface area contributed by atoms with Gasteiger partial charge in [0.15, 0.2) is 11.8 Å². The molecule has 1 unspecified atom stereocenters. The van der Waals surface area contributed by atoms with Crippen molar-refractivity contribution >= 4 is 11.9 Å². The Balaban J connectivity index is 1.99. The number of carbonyl (C=O) groups excluding carboxylic acids is 1. The van der Waals surface area contributed by atoms with E-state index in [-0.39, 0.29) is 11.9 Å². The second kappa shape index (κ2) is 8.65. The fraction of sp³-hybridized carbons (Fsp3) is 0.750. The summed E-state index contributed by atoms with van der Waals surface area (Å²) in [6.45, 7) is 6.14. The lowest BCUT2D eigenvalue weighted by Crippen LogP contribution is -2.51. The molecular weight excluding hydrogens is 306 g/mol. The predicted molar refractivity (Wildman–Crippen MR) is 93.6 cm³/mol. The summed E-state index contributed by atoms with van der Waals surface area (Å²) in [6.07, 6.45) is 3.63. The van der Waals surface area contributed by atoms with Gasteiger partial charge in [-0.25, -0.2) is 4.99 Å². The van der Waals surface area contributed by atoms with E-state index in [9.17, 15) is 4.79 Å². The number of aromatic nitrogens is 3. The third-order valence-electron chi connectivity index (χ3n) is 4.35. The summed E-state index contributed by atoms with van der Waals surface area (Å²) in [7, 11) is 3.79. The molecule has 2 N–H and O–H groups in total. The maximum absolute atomic E-state index is 11.6. The van der Waals surface area contributed by atoms with E-state index in [0.717, 1.165) is 43.4 Å². The number of nitrogens with zero attached hydrogens (tertiary/aromatic N) is 5. The first-order chi connectivity index (χ1) is 11.5. The molecule has 8 nitrogen and oxygen atoms in total. The first-order valence-electron chi connectivity index (χ1n) is 8.65. The number of aryl methyl sites for hydroxylation is 1. The molecule has 0 radical (unpaired) electrons. The minimum atomic E-state index is 0.208. The van der Waals surface area contributed by atoms with Crippen LogP contribution in [0.3, 0.4) is 0 Å². The topological polar surface area (TPSA) is 87.4 Å². The second-order valence-corrected chi connectivity index (χ2v) is 6.32. The quantitative estimate of drug-likeness (QED) is 0.451. The summed E-state index contributed by atoms with van der Waals surface area (Å²) in [5.41, 5.74) is 0. The predicted octanol–water partition coefficient (Wildman–Crippen LogP) is 0.580. The monoisotopic (exact) mass is 335 g/mol. The number of guanidine groups is 1. The van der Waals surface area contributed by atoms with Crippen LogP contribution in [0.15, 0.2) is 4.99 Å². The number of nitrogens with one attached hydrogen (secondary N) is 2. The summed E-state index contributed by atoms with van der Waals surface area (Å²) in [6, 6.07) is 0.224. The largest absolute Gasteiger partial charge is 0.356 e. The fourth-order valence-corrected chi connectivity index (χ4v) is 2.60. The van der Waals surface area contributed by atoms with Gasteiger partial charge in [0.2, 0.25) is 5.91 Å². The van der Waals surface area contributed by atoms with Gasteiger partial charge in [-0.05, 0) is 19.8 Å². The zero-order chi connectivity index (χ0) is 17.5. The van der Waals surface area contributed by atoms with E-state index >= 15 is 0 Å². The highest BCUT2D eigenvalue weighted by Gasteiger charge is 2.23. The van der Waals surface area contributed by atoms with Crippen molar-refractivity contribution in [2.75, 3.05) is 20.1 Å². The van der Waals surface area contributed by atoms with Gasteiger partial charge < -0.3 is 20.1 Å². The molecule has 8 heteroatoms. The number of unbranched alkanes of at least 4 members (excludes halogenated alkanes) is 1. The Kier molecular flexibility index (Phi) is 6.57. The van der Waals surface area contributed by atoms with Crippen LogP contribution in [0.2, 0.25) is 0 Å². The lowest BCUT2D eigenvalue weighted by atomic mass is 10.1. The number of amides is 1. The van der Waals surface area contributed by atoms with Crippen LogP contribution in [-0.4, -0.2) is 57.7 Å². The number of hydrogen-bond donors (Lipinski definition) is 2. The number of likely N-dealkylation sites (N-methyl/N-ethyl adjacent to an activating group) is 1. The Bertz CT molecular complexity index is 581. The summed E-state index contributed by atoms with van der Waals surface area (Å²) >= 11 is 0. The highest BCUT2D eigenvalue weighted by atomic mass is 16.2. The van der Waals surface area contributed by atoms with Crippen molar-refractivity contribution in [3.05, 3.63) is 11.6 Å². The van der Waals surface area contributed by atoms with Gasteiger partial charge in [-0.2, -0.15) is 0 Å². The van der Waals surface area contributed by atoms with Crippen molar-refractivity contribution in [1.29, 1.82) is 0 Å². The van der Waals surface area contributed by atoms with E-state index in [1.165, 1.54) is 0 Å². The number of piperidine rings is 1. The molecule has 134 valence electrons. The van der Waals surface area contributed by atoms with E-state index in [4.69, 9.17) is 0 Å². The standard InChI is InChI=1S/C16H29N7O/c1-5-6-9-17-16(18-10-14-21-20-12(2)23(14)4)19-13-7-8-15(24)22(3)11-13/h13H,5-11H2,1-4H3,(H2,17,18,19). The maximum atomic E-state index is 11.6. The van der Waals surface area contributed by atoms with Crippen molar-refractivity contribution in [1.82, 2.24) is 30.3 Å². The fourth-order valence-electron chi connectivity index (χ4n) is 2.60. The van der Waals surface area contributed by atoms with Crippen LogP contribution in [0.5, 0.6) is 0 Å². The molecule has 1 aliphatic heterocycles. The van der Waals surface area contributed by atoms with Crippen LogP contribution in [0.1, 0.15) is 44.3 Å². The average Bonchev–Trinajstić information content (AvgIpc) is 2.88. The molecule has 0 aromatic carbocycles. The molecule has 2 heterocycles. The van der Waals surface area contributed by atoms with E-state index in [2.05, 4.69) is 32.7 Å². The Morgan fingerprint density at radius 1 is 1.38 bits per heavy atom. The van der Waals surface area contributed by atoms with Crippen molar-refractivity contribution in [3.8, 4) is 0 Å². The molecule has 2 rings (SSSR count). The third-order valence-corrected chi connectivity index (χ3v) is 4.35. The zero-order valence-electron chi connectivity index (χ0n) is 15.2. The van der Waals surface area contributed by atoms with Crippen molar-refractivity contribution in [2.24, 2.45) is 12.0 Å². The molecule has 1 atom stereocenters. The van der Waals surface area contributed by atoms with Crippen molar-refractivity contribution in [2.45, 2.75) is 52.1 Å². The van der Waals surface area contributed by atoms with Crippen molar-refractivity contribution in [3.63, 3.8) is 0 Å². The second-order valence-electron chi connectivity index (χ2n) is 6.32. The smallest absolute Gasteiger partial charge is 0.222 e. The summed E-state index contributed by atoms with van der Waals surface area (Å²) in [4.78, 5) is 18.0. The molecule has 1 aromatic rings. The summed E-state index contributed by atoms with van der Waals surface area (Å²) < 4.78 is 1.94. The lowest BCUT2D eigenvalue weighted by molar-refractivity contribution is -0.132. The first kappa shape index (κ1) is 18.2. The van der Waals surface area contributed by atoms with E-state index in [0.29, 0.717) is 19.5 Å². The van der Waals surface area contributed by atoms with Gasteiger partial charge in [-0.1, -0.05) is 13.3 Å². The molecule has 0 aliphatic carbocycles. The zero-order valence-corrected chi connectivity index (χ0v) is 15.2. The Hall–Kier alpha value is -2.12. The van der Waals surface area contributed by atoms with Gasteiger partial charge in [0, 0.05) is 39.6 Å². The third kappa shape index (κ3) is 4.94. The van der Waals surface area contributed by atoms with Gasteiger partial charge >= 0.3 is 0 Å². The highest BCUT2D eigenvalue weighted by Crippen LogP contribution is 2.09. The Morgan fingerprint density at radius 3 is 2.79 bits per heavy atom. The first-order valence-corrected chi connectivity index (χ1v) is 8.65. The average molecular weight is 335 g/mol. The van der Waals surface area contributed by atoms with Gasteiger partial charge in [-0.3, -0.25) is 4.79 Å². The van der Waals surface area contributed by atoms with Crippen LogP contribution in [0.4, 0.5) is 0 Å². The number of carbonyl (C=O) groups is 1. The molecule has 1 fully saturated rings. The number of aliphatic imine (C=N–C) groups is 1. The molecule has 0 bridgehead atoms. The minimum Gasteiger partial charge on any atom is -0.356 e. The van der Waals surface area contributed by atoms with Gasteiger partial charge in [0.25, 0.3) is 0 Å². The normalized spacial score (nSPS) is 18.8. The van der Waals surface area contributed by atoms with Crippen molar-refractivity contribution < 1.29 is 4.79 Å². The Morgan fingerprint density at radius 2 is 2.17 bits per heavy atom.